The summed E-state index contributed by atoms with van der Waals surface area (Å²) in [6, 6.07) is 15.1. The van der Waals surface area contributed by atoms with Gasteiger partial charge in [0, 0.05) is 22.1 Å². The molecule has 6 nitrogen and oxygen atoms in total. The van der Waals surface area contributed by atoms with E-state index in [-0.39, 0.29) is 5.56 Å². The molecule has 0 amide bonds. The SMILES string of the molecule is CC[NH+]1C/C(=C\c2cnc3ccccc3n2)c2nc3ccccc3c(C(=O)[O-])c2C1. The molecule has 1 unspecified atom stereocenters. The van der Waals surface area contributed by atoms with E-state index in [0.717, 1.165) is 46.6 Å². The highest BCUT2D eigenvalue weighted by Crippen LogP contribution is 2.29. The van der Waals surface area contributed by atoms with E-state index in [0.29, 0.717) is 17.4 Å². The fourth-order valence-electron chi connectivity index (χ4n) is 4.18. The Bertz CT molecular complexity index is 1330. The Morgan fingerprint density at radius 2 is 1.77 bits per heavy atom. The van der Waals surface area contributed by atoms with E-state index in [9.17, 15) is 9.90 Å². The molecule has 0 radical (unpaired) electrons. The van der Waals surface area contributed by atoms with Crippen molar-refractivity contribution in [2.45, 2.75) is 13.5 Å². The van der Waals surface area contributed by atoms with Crippen LogP contribution < -0.4 is 10.0 Å². The fourth-order valence-corrected chi connectivity index (χ4v) is 4.18. The molecule has 0 saturated carbocycles. The second-order valence-corrected chi connectivity index (χ2v) is 7.53. The number of nitrogens with one attached hydrogen (secondary N) is 1. The zero-order chi connectivity index (χ0) is 20.7. The molecule has 5 rings (SSSR count). The van der Waals surface area contributed by atoms with Crippen LogP contribution in [0.25, 0.3) is 33.6 Å². The summed E-state index contributed by atoms with van der Waals surface area (Å²) in [6.07, 6.45) is 3.73. The molecular formula is C24H20N4O2. The third-order valence-corrected chi connectivity index (χ3v) is 5.66. The summed E-state index contributed by atoms with van der Waals surface area (Å²) < 4.78 is 0. The minimum Gasteiger partial charge on any atom is -0.545 e. The number of hydrogen-bond acceptors (Lipinski definition) is 5. The maximum Gasteiger partial charge on any atom is 0.106 e. The van der Waals surface area contributed by atoms with Crippen LogP contribution in [0.1, 0.15) is 34.2 Å². The summed E-state index contributed by atoms with van der Waals surface area (Å²) in [4.78, 5) is 27.4. The number of nitrogens with zero attached hydrogens (tertiary/aromatic N) is 3. The fraction of sp³-hybridized carbons (Fsp3) is 0.167. The van der Waals surface area contributed by atoms with Crippen molar-refractivity contribution in [1.29, 1.82) is 0 Å². The summed E-state index contributed by atoms with van der Waals surface area (Å²) in [5.41, 5.74) is 5.72. The third-order valence-electron chi connectivity index (χ3n) is 5.66. The molecule has 6 heteroatoms. The smallest absolute Gasteiger partial charge is 0.106 e. The Morgan fingerprint density at radius 3 is 2.53 bits per heavy atom. The van der Waals surface area contributed by atoms with Crippen molar-refractivity contribution in [3.05, 3.63) is 77.2 Å². The Hall–Kier alpha value is -3.64. The molecule has 0 aliphatic carbocycles. The minimum atomic E-state index is -1.16. The number of aromatic carboxylic acids is 1. The van der Waals surface area contributed by atoms with Gasteiger partial charge in [0.1, 0.15) is 13.1 Å². The maximum atomic E-state index is 12.1. The van der Waals surface area contributed by atoms with Crippen LogP contribution in [0.5, 0.6) is 0 Å². The Labute approximate surface area is 173 Å². The van der Waals surface area contributed by atoms with Gasteiger partial charge in [0.15, 0.2) is 0 Å². The predicted molar refractivity (Wildman–Crippen MR) is 114 cm³/mol. The van der Waals surface area contributed by atoms with Gasteiger partial charge in [-0.3, -0.25) is 4.98 Å². The van der Waals surface area contributed by atoms with Gasteiger partial charge in [-0.15, -0.1) is 0 Å². The molecule has 0 spiro atoms. The molecule has 148 valence electrons. The van der Waals surface area contributed by atoms with Gasteiger partial charge < -0.3 is 14.8 Å². The first kappa shape index (κ1) is 18.4. The molecule has 1 aliphatic rings. The molecule has 0 saturated heterocycles. The Morgan fingerprint density at radius 1 is 1.03 bits per heavy atom. The highest BCUT2D eigenvalue weighted by molar-refractivity contribution is 6.05. The number of likely N-dealkylation sites (N-methyl/N-ethyl adjacent to an activating group) is 1. The third kappa shape index (κ3) is 3.11. The molecule has 0 bridgehead atoms. The van der Waals surface area contributed by atoms with Crippen molar-refractivity contribution in [2.75, 3.05) is 13.1 Å². The Balaban J connectivity index is 1.74. The number of hydrogen-bond donors (Lipinski definition) is 1. The lowest BCUT2D eigenvalue weighted by Crippen LogP contribution is -3.11. The van der Waals surface area contributed by atoms with E-state index in [1.54, 1.807) is 12.3 Å². The molecule has 1 N–H and O–H groups in total. The van der Waals surface area contributed by atoms with E-state index in [2.05, 4.69) is 11.9 Å². The number of para-hydroxylation sites is 3. The number of pyridine rings is 1. The average molecular weight is 396 g/mol. The molecule has 4 aromatic rings. The van der Waals surface area contributed by atoms with E-state index >= 15 is 0 Å². The number of fused-ring (bicyclic) bond motifs is 3. The average Bonchev–Trinajstić information content (AvgIpc) is 2.77. The molecule has 1 atom stereocenters. The Kier molecular flexibility index (Phi) is 4.48. The lowest BCUT2D eigenvalue weighted by atomic mass is 9.92. The molecule has 0 fully saturated rings. The van der Waals surface area contributed by atoms with Crippen molar-refractivity contribution in [2.24, 2.45) is 0 Å². The highest BCUT2D eigenvalue weighted by atomic mass is 16.4. The zero-order valence-corrected chi connectivity index (χ0v) is 16.6. The van der Waals surface area contributed by atoms with Gasteiger partial charge in [0.25, 0.3) is 0 Å². The predicted octanol–water partition coefficient (Wildman–Crippen LogP) is 1.50. The number of carbonyl (C=O) groups excluding carboxylic acids is 1. The van der Waals surface area contributed by atoms with E-state index in [1.165, 1.54) is 4.90 Å². The first-order valence-electron chi connectivity index (χ1n) is 10.0. The second kappa shape index (κ2) is 7.31. The second-order valence-electron chi connectivity index (χ2n) is 7.53. The lowest BCUT2D eigenvalue weighted by Gasteiger charge is -2.29. The van der Waals surface area contributed by atoms with Crippen LogP contribution >= 0.6 is 0 Å². The molecular weight excluding hydrogens is 376 g/mol. The summed E-state index contributed by atoms with van der Waals surface area (Å²) in [5.74, 6) is -1.16. The van der Waals surface area contributed by atoms with E-state index in [1.807, 2.05) is 48.5 Å². The molecule has 1 aliphatic heterocycles. The number of rotatable bonds is 3. The van der Waals surface area contributed by atoms with Crippen LogP contribution in [0.15, 0.2) is 54.7 Å². The quantitative estimate of drug-likeness (QED) is 0.567. The highest BCUT2D eigenvalue weighted by Gasteiger charge is 2.28. The van der Waals surface area contributed by atoms with Crippen LogP contribution in [0.3, 0.4) is 0 Å². The molecule has 3 heterocycles. The minimum absolute atomic E-state index is 0.247. The van der Waals surface area contributed by atoms with Crippen molar-refractivity contribution < 1.29 is 14.8 Å². The normalized spacial score (nSPS) is 17.4. The molecule has 2 aromatic carbocycles. The monoisotopic (exact) mass is 396 g/mol. The van der Waals surface area contributed by atoms with Crippen LogP contribution in [0, 0.1) is 0 Å². The van der Waals surface area contributed by atoms with E-state index in [4.69, 9.17) is 9.97 Å². The molecule has 2 aromatic heterocycles. The first-order chi connectivity index (χ1) is 14.6. The summed E-state index contributed by atoms with van der Waals surface area (Å²) >= 11 is 0. The maximum absolute atomic E-state index is 12.1. The zero-order valence-electron chi connectivity index (χ0n) is 16.6. The van der Waals surface area contributed by atoms with E-state index < -0.39 is 5.97 Å². The number of aromatic nitrogens is 3. The number of benzene rings is 2. The summed E-state index contributed by atoms with van der Waals surface area (Å²) in [6.45, 7) is 4.32. The van der Waals surface area contributed by atoms with Gasteiger partial charge in [-0.1, -0.05) is 30.3 Å². The van der Waals surface area contributed by atoms with Crippen molar-refractivity contribution >= 4 is 39.6 Å². The first-order valence-corrected chi connectivity index (χ1v) is 10.0. The van der Waals surface area contributed by atoms with Crippen LogP contribution in [-0.2, 0) is 6.54 Å². The number of carboxylic acids is 1. The summed E-state index contributed by atoms with van der Waals surface area (Å²) in [7, 11) is 0. The topological polar surface area (TPSA) is 83.2 Å². The standard InChI is InChI=1S/C24H20N4O2/c1-2-28-13-15(11-16-12-25-20-9-5-6-10-21(20)26-16)23-18(14-28)22(24(29)30)17-7-3-4-8-19(17)27-23/h3-12H,2,13-14H2,1H3,(H,29,30)/b15-11+. The number of quaternary nitrogens is 1. The van der Waals surface area contributed by atoms with Crippen molar-refractivity contribution in [3.8, 4) is 0 Å². The van der Waals surface area contributed by atoms with Gasteiger partial charge in [0.05, 0.1) is 46.6 Å². The van der Waals surface area contributed by atoms with Crippen molar-refractivity contribution in [3.63, 3.8) is 0 Å². The van der Waals surface area contributed by atoms with Crippen molar-refractivity contribution in [1.82, 2.24) is 15.0 Å². The van der Waals surface area contributed by atoms with Gasteiger partial charge in [-0.25, -0.2) is 9.97 Å². The van der Waals surface area contributed by atoms with Gasteiger partial charge in [-0.2, -0.15) is 0 Å². The van der Waals surface area contributed by atoms with Gasteiger partial charge in [-0.05, 0) is 31.2 Å². The van der Waals surface area contributed by atoms with Gasteiger partial charge in [0.2, 0.25) is 0 Å². The molecule has 30 heavy (non-hydrogen) atoms. The number of carboxylic acid groups (broad SMARTS) is 1. The largest absolute Gasteiger partial charge is 0.545 e. The lowest BCUT2D eigenvalue weighted by molar-refractivity contribution is -0.905. The number of carbonyl (C=O) groups is 1. The van der Waals surface area contributed by atoms with Crippen LogP contribution in [0.2, 0.25) is 0 Å². The summed E-state index contributed by atoms with van der Waals surface area (Å²) in [5, 5.41) is 12.7. The van der Waals surface area contributed by atoms with Crippen LogP contribution in [0.4, 0.5) is 0 Å². The van der Waals surface area contributed by atoms with Gasteiger partial charge >= 0.3 is 0 Å². The van der Waals surface area contributed by atoms with Crippen LogP contribution in [-0.4, -0.2) is 34.0 Å².